The number of rotatable bonds is 3. The van der Waals surface area contributed by atoms with Gasteiger partial charge in [-0.3, -0.25) is 14.5 Å². The third-order valence-corrected chi connectivity index (χ3v) is 3.40. The third-order valence-electron chi connectivity index (χ3n) is 3.40. The van der Waals surface area contributed by atoms with Crippen molar-refractivity contribution in [2.24, 2.45) is 5.92 Å². The minimum absolute atomic E-state index is 0.0884. The SMILES string of the molecule is O=C1CN(CC2CCOCC2)C(C(=O)O)CN1. The van der Waals surface area contributed by atoms with Gasteiger partial charge >= 0.3 is 5.97 Å². The lowest BCUT2D eigenvalue weighted by atomic mass is 9.98. The number of hydrogen-bond donors (Lipinski definition) is 2. The molecule has 0 aromatic heterocycles. The van der Waals surface area contributed by atoms with E-state index in [1.54, 1.807) is 4.90 Å². The van der Waals surface area contributed by atoms with Gasteiger partial charge in [-0.05, 0) is 18.8 Å². The van der Waals surface area contributed by atoms with E-state index in [4.69, 9.17) is 9.84 Å². The second-order valence-corrected chi connectivity index (χ2v) is 4.64. The van der Waals surface area contributed by atoms with Crippen molar-refractivity contribution in [2.45, 2.75) is 18.9 Å². The molecule has 6 heteroatoms. The molecule has 0 saturated carbocycles. The number of aliphatic carboxylic acids is 1. The minimum atomic E-state index is -0.864. The quantitative estimate of drug-likeness (QED) is 0.684. The Hall–Kier alpha value is -1.14. The van der Waals surface area contributed by atoms with Crippen LogP contribution in [-0.2, 0) is 14.3 Å². The zero-order chi connectivity index (χ0) is 12.3. The number of amides is 1. The summed E-state index contributed by atoms with van der Waals surface area (Å²) in [6.45, 7) is 2.55. The van der Waals surface area contributed by atoms with E-state index in [1.807, 2.05) is 0 Å². The molecule has 6 nitrogen and oxygen atoms in total. The van der Waals surface area contributed by atoms with Gasteiger partial charge in [0.1, 0.15) is 6.04 Å². The molecule has 2 aliphatic rings. The van der Waals surface area contributed by atoms with Crippen molar-refractivity contribution in [3.8, 4) is 0 Å². The monoisotopic (exact) mass is 242 g/mol. The highest BCUT2D eigenvalue weighted by Crippen LogP contribution is 2.18. The van der Waals surface area contributed by atoms with Gasteiger partial charge in [0.25, 0.3) is 0 Å². The largest absolute Gasteiger partial charge is 0.480 e. The van der Waals surface area contributed by atoms with Crippen molar-refractivity contribution in [3.05, 3.63) is 0 Å². The molecule has 0 aromatic carbocycles. The Labute approximate surface area is 99.9 Å². The van der Waals surface area contributed by atoms with Crippen LogP contribution in [0.4, 0.5) is 0 Å². The van der Waals surface area contributed by atoms with Crippen molar-refractivity contribution >= 4 is 11.9 Å². The van der Waals surface area contributed by atoms with E-state index in [2.05, 4.69) is 5.32 Å². The van der Waals surface area contributed by atoms with Gasteiger partial charge in [-0.1, -0.05) is 0 Å². The van der Waals surface area contributed by atoms with Gasteiger partial charge < -0.3 is 15.2 Å². The molecule has 1 atom stereocenters. The lowest BCUT2D eigenvalue weighted by Crippen LogP contribution is -2.58. The van der Waals surface area contributed by atoms with Gasteiger partial charge in [-0.2, -0.15) is 0 Å². The van der Waals surface area contributed by atoms with Gasteiger partial charge in [-0.25, -0.2) is 0 Å². The smallest absolute Gasteiger partial charge is 0.322 e. The van der Waals surface area contributed by atoms with Crippen LogP contribution in [-0.4, -0.2) is 60.8 Å². The maximum atomic E-state index is 11.3. The predicted molar refractivity (Wildman–Crippen MR) is 59.5 cm³/mol. The maximum Gasteiger partial charge on any atom is 0.322 e. The number of ether oxygens (including phenoxy) is 1. The van der Waals surface area contributed by atoms with E-state index in [1.165, 1.54) is 0 Å². The molecule has 0 bridgehead atoms. The minimum Gasteiger partial charge on any atom is -0.480 e. The summed E-state index contributed by atoms with van der Waals surface area (Å²) in [6, 6.07) is -0.587. The summed E-state index contributed by atoms with van der Waals surface area (Å²) in [7, 11) is 0. The summed E-state index contributed by atoms with van der Waals surface area (Å²) in [5.41, 5.74) is 0. The van der Waals surface area contributed by atoms with Gasteiger partial charge in [0.15, 0.2) is 0 Å². The van der Waals surface area contributed by atoms with E-state index in [-0.39, 0.29) is 19.0 Å². The molecule has 2 rings (SSSR count). The Kier molecular flexibility index (Phi) is 3.96. The first-order valence-electron chi connectivity index (χ1n) is 5.98. The number of hydrogen-bond acceptors (Lipinski definition) is 4. The lowest BCUT2D eigenvalue weighted by molar-refractivity contribution is -0.146. The molecular formula is C11H18N2O4. The standard InChI is InChI=1S/C11H18N2O4/c14-10-7-13(9(5-12-10)11(15)16)6-8-1-3-17-4-2-8/h8-9H,1-7H2,(H,12,14)(H,15,16). The maximum absolute atomic E-state index is 11.3. The first kappa shape index (κ1) is 12.3. The highest BCUT2D eigenvalue weighted by molar-refractivity contribution is 5.83. The van der Waals surface area contributed by atoms with Crippen LogP contribution >= 0.6 is 0 Å². The normalized spacial score (nSPS) is 27.8. The zero-order valence-electron chi connectivity index (χ0n) is 9.72. The fraction of sp³-hybridized carbons (Fsp3) is 0.818. The van der Waals surface area contributed by atoms with E-state index < -0.39 is 12.0 Å². The van der Waals surface area contributed by atoms with E-state index in [0.29, 0.717) is 12.5 Å². The van der Waals surface area contributed by atoms with Crippen LogP contribution < -0.4 is 5.32 Å². The molecule has 0 spiro atoms. The molecule has 2 aliphatic heterocycles. The summed E-state index contributed by atoms with van der Waals surface area (Å²) < 4.78 is 5.27. The van der Waals surface area contributed by atoms with Crippen molar-refractivity contribution < 1.29 is 19.4 Å². The highest BCUT2D eigenvalue weighted by Gasteiger charge is 2.33. The van der Waals surface area contributed by atoms with E-state index in [9.17, 15) is 9.59 Å². The molecule has 2 saturated heterocycles. The summed E-state index contributed by atoms with van der Waals surface area (Å²) in [5.74, 6) is -0.511. The molecule has 0 aromatic rings. The molecular weight excluding hydrogens is 224 g/mol. The average Bonchev–Trinajstić information content (AvgIpc) is 2.30. The summed E-state index contributed by atoms with van der Waals surface area (Å²) in [6.07, 6.45) is 1.90. The highest BCUT2D eigenvalue weighted by atomic mass is 16.5. The number of carbonyl (C=O) groups excluding carboxylic acids is 1. The van der Waals surface area contributed by atoms with Crippen molar-refractivity contribution in [1.82, 2.24) is 10.2 Å². The Balaban J connectivity index is 1.94. The third kappa shape index (κ3) is 3.17. The van der Waals surface area contributed by atoms with Crippen molar-refractivity contribution in [1.29, 1.82) is 0 Å². The van der Waals surface area contributed by atoms with Gasteiger partial charge in [0, 0.05) is 26.3 Å². The van der Waals surface area contributed by atoms with Gasteiger partial charge in [0.2, 0.25) is 5.91 Å². The van der Waals surface area contributed by atoms with Crippen LogP contribution in [0.3, 0.4) is 0 Å². The molecule has 17 heavy (non-hydrogen) atoms. The number of carboxylic acids is 1. The van der Waals surface area contributed by atoms with Crippen LogP contribution in [0.25, 0.3) is 0 Å². The fourth-order valence-electron chi connectivity index (χ4n) is 2.39. The first-order valence-corrected chi connectivity index (χ1v) is 5.98. The van der Waals surface area contributed by atoms with E-state index in [0.717, 1.165) is 26.1 Å². The fourth-order valence-corrected chi connectivity index (χ4v) is 2.39. The van der Waals surface area contributed by atoms with Crippen LogP contribution in [0.1, 0.15) is 12.8 Å². The number of carbonyl (C=O) groups is 2. The Morgan fingerprint density at radius 3 is 2.82 bits per heavy atom. The Morgan fingerprint density at radius 1 is 1.47 bits per heavy atom. The number of piperazine rings is 1. The van der Waals surface area contributed by atoms with Crippen LogP contribution in [0.5, 0.6) is 0 Å². The Bertz CT molecular complexity index is 302. The predicted octanol–water partition coefficient (Wildman–Crippen LogP) is -0.702. The topological polar surface area (TPSA) is 78.9 Å². The second-order valence-electron chi connectivity index (χ2n) is 4.64. The number of carboxylic acid groups (broad SMARTS) is 1. The molecule has 2 heterocycles. The lowest BCUT2D eigenvalue weighted by Gasteiger charge is -2.36. The molecule has 1 amide bonds. The molecule has 1 unspecified atom stereocenters. The zero-order valence-corrected chi connectivity index (χ0v) is 9.72. The number of nitrogens with zero attached hydrogens (tertiary/aromatic N) is 1. The van der Waals surface area contributed by atoms with Crippen LogP contribution in [0, 0.1) is 5.92 Å². The Morgan fingerprint density at radius 2 is 2.18 bits per heavy atom. The van der Waals surface area contributed by atoms with Crippen molar-refractivity contribution in [2.75, 3.05) is 32.8 Å². The van der Waals surface area contributed by atoms with Crippen LogP contribution in [0.15, 0.2) is 0 Å². The molecule has 0 radical (unpaired) electrons. The second kappa shape index (κ2) is 5.46. The number of nitrogens with one attached hydrogen (secondary N) is 1. The molecule has 2 N–H and O–H groups in total. The summed E-state index contributed by atoms with van der Waals surface area (Å²) in [5, 5.41) is 11.7. The van der Waals surface area contributed by atoms with Gasteiger partial charge in [0.05, 0.1) is 6.54 Å². The average molecular weight is 242 g/mol. The van der Waals surface area contributed by atoms with E-state index >= 15 is 0 Å². The van der Waals surface area contributed by atoms with Crippen molar-refractivity contribution in [3.63, 3.8) is 0 Å². The summed E-state index contributed by atoms with van der Waals surface area (Å²) in [4.78, 5) is 24.2. The van der Waals surface area contributed by atoms with Crippen LogP contribution in [0.2, 0.25) is 0 Å². The molecule has 0 aliphatic carbocycles. The van der Waals surface area contributed by atoms with Gasteiger partial charge in [-0.15, -0.1) is 0 Å². The molecule has 2 fully saturated rings. The summed E-state index contributed by atoms with van der Waals surface area (Å²) >= 11 is 0. The molecule has 96 valence electrons. The first-order chi connectivity index (χ1) is 8.16.